The molecule has 0 aliphatic rings. The lowest BCUT2D eigenvalue weighted by atomic mass is 10.0. The van der Waals surface area contributed by atoms with Crippen molar-refractivity contribution in [3.63, 3.8) is 0 Å². The van der Waals surface area contributed by atoms with Gasteiger partial charge in [-0.25, -0.2) is 9.98 Å². The lowest BCUT2D eigenvalue weighted by Crippen LogP contribution is -2.06. The van der Waals surface area contributed by atoms with Gasteiger partial charge >= 0.3 is 0 Å². The predicted molar refractivity (Wildman–Crippen MR) is 199 cm³/mol. The van der Waals surface area contributed by atoms with Crippen molar-refractivity contribution < 1.29 is 18.9 Å². The van der Waals surface area contributed by atoms with Gasteiger partial charge in [-0.3, -0.25) is 0 Å². The first-order valence-corrected chi connectivity index (χ1v) is 15.7. The molecular formula is C39H60N2O4. The van der Waals surface area contributed by atoms with Gasteiger partial charge in [0.05, 0.1) is 51.1 Å². The normalized spacial score (nSPS) is 11.6. The molecule has 0 fully saturated rings. The number of hydrogen-bond donors (Lipinski definition) is 0. The summed E-state index contributed by atoms with van der Waals surface area (Å²) in [4.78, 5) is 8.77. The standard InChI is InChI=1S/C23H27NO3.C10H15NO.3C2H6/c1-6-10-18(15-17(2)25-3)19-13-14-21(22(16-19)26-4)23(27-5)24-20-11-8-7-9-12-20;1-5-7-8-10(6-2)11-9(3)12-4;3*1-2/h7-16H,6H2,1-5H3;5-8H,1H2,2-4H3;3*1-2H3/b17-15+,18-10+,24-23?;8-7-,10-6+,11-9?;;;. The van der Waals surface area contributed by atoms with Crippen molar-refractivity contribution in [3.8, 4) is 5.75 Å². The Balaban J connectivity index is -0.000000823. The van der Waals surface area contributed by atoms with Crippen LogP contribution in [0, 0.1) is 0 Å². The van der Waals surface area contributed by atoms with Gasteiger partial charge in [-0.05, 0) is 67.8 Å². The molecule has 0 N–H and O–H groups in total. The molecule has 2 aromatic carbocycles. The summed E-state index contributed by atoms with van der Waals surface area (Å²) >= 11 is 0. The van der Waals surface area contributed by atoms with Gasteiger partial charge < -0.3 is 18.9 Å². The maximum absolute atomic E-state index is 5.63. The van der Waals surface area contributed by atoms with Crippen LogP contribution in [-0.2, 0) is 14.2 Å². The molecule has 6 heteroatoms. The fraction of sp³-hybridized carbons (Fsp3) is 0.385. The molecule has 0 unspecified atom stereocenters. The zero-order chi connectivity index (χ0) is 35.0. The fourth-order valence-electron chi connectivity index (χ4n) is 3.23. The van der Waals surface area contributed by atoms with Crippen molar-refractivity contribution in [2.45, 2.75) is 75.7 Å². The van der Waals surface area contributed by atoms with E-state index < -0.39 is 0 Å². The third-order valence-corrected chi connectivity index (χ3v) is 5.33. The highest BCUT2D eigenvalue weighted by atomic mass is 16.5. The number of hydrogen-bond acceptors (Lipinski definition) is 6. The second-order valence-electron chi connectivity index (χ2n) is 8.04. The minimum absolute atomic E-state index is 0.509. The van der Waals surface area contributed by atoms with Gasteiger partial charge in [0, 0.05) is 6.92 Å². The molecule has 6 nitrogen and oxygen atoms in total. The quantitative estimate of drug-likeness (QED) is 0.115. The van der Waals surface area contributed by atoms with Crippen molar-refractivity contribution >= 4 is 23.1 Å². The molecule has 0 bridgehead atoms. The van der Waals surface area contributed by atoms with E-state index in [1.165, 1.54) is 0 Å². The lowest BCUT2D eigenvalue weighted by molar-refractivity contribution is 0.294. The Hall–Kier alpha value is -4.32. The largest absolute Gasteiger partial charge is 0.501 e. The molecule has 0 saturated heterocycles. The topological polar surface area (TPSA) is 61.6 Å². The van der Waals surface area contributed by atoms with Crippen LogP contribution in [0.5, 0.6) is 5.75 Å². The Morgan fingerprint density at radius 3 is 1.93 bits per heavy atom. The summed E-state index contributed by atoms with van der Waals surface area (Å²) < 4.78 is 21.4. The highest BCUT2D eigenvalue weighted by Crippen LogP contribution is 2.28. The van der Waals surface area contributed by atoms with Crippen molar-refractivity contribution in [3.05, 3.63) is 114 Å². The number of para-hydroxylation sites is 1. The Bertz CT molecular complexity index is 1220. The number of benzene rings is 2. The zero-order valence-corrected chi connectivity index (χ0v) is 30.5. The Kier molecular flexibility index (Phi) is 31.2. The average Bonchev–Trinajstić information content (AvgIpc) is 3.11. The molecule has 2 aromatic rings. The molecule has 45 heavy (non-hydrogen) atoms. The molecule has 0 heterocycles. The number of methoxy groups -OCH3 is 4. The van der Waals surface area contributed by atoms with Crippen molar-refractivity contribution in [1.29, 1.82) is 0 Å². The minimum Gasteiger partial charge on any atom is -0.501 e. The monoisotopic (exact) mass is 620 g/mol. The van der Waals surface area contributed by atoms with Gasteiger partial charge in [0.1, 0.15) is 5.75 Å². The number of aliphatic imine (C=N–C) groups is 2. The second-order valence-corrected chi connectivity index (χ2v) is 8.04. The maximum Gasteiger partial charge on any atom is 0.224 e. The van der Waals surface area contributed by atoms with Crippen LogP contribution in [0.25, 0.3) is 5.57 Å². The third kappa shape index (κ3) is 19.6. The van der Waals surface area contributed by atoms with Crippen LogP contribution in [0.3, 0.4) is 0 Å². The van der Waals surface area contributed by atoms with E-state index in [1.54, 1.807) is 34.5 Å². The molecule has 0 aromatic heterocycles. The van der Waals surface area contributed by atoms with Gasteiger partial charge in [-0.2, -0.15) is 0 Å². The summed E-state index contributed by atoms with van der Waals surface area (Å²) in [5.74, 6) is 2.71. The van der Waals surface area contributed by atoms with Gasteiger partial charge in [-0.1, -0.05) is 104 Å². The van der Waals surface area contributed by atoms with Crippen LogP contribution >= 0.6 is 0 Å². The van der Waals surface area contributed by atoms with Crippen LogP contribution < -0.4 is 4.74 Å². The molecular weight excluding hydrogens is 560 g/mol. The van der Waals surface area contributed by atoms with E-state index in [0.717, 1.165) is 40.3 Å². The summed E-state index contributed by atoms with van der Waals surface area (Å²) in [6.45, 7) is 23.4. The first-order chi connectivity index (χ1) is 21.9. The second kappa shape index (κ2) is 31.1. The van der Waals surface area contributed by atoms with Crippen LogP contribution in [0.4, 0.5) is 5.69 Å². The van der Waals surface area contributed by atoms with Crippen LogP contribution in [0.2, 0.25) is 0 Å². The van der Waals surface area contributed by atoms with Crippen molar-refractivity contribution in [2.24, 2.45) is 9.98 Å². The summed E-state index contributed by atoms with van der Waals surface area (Å²) in [6, 6.07) is 15.7. The summed E-state index contributed by atoms with van der Waals surface area (Å²) in [7, 11) is 6.54. The summed E-state index contributed by atoms with van der Waals surface area (Å²) in [5, 5.41) is 0. The first-order valence-electron chi connectivity index (χ1n) is 15.7. The number of rotatable bonds is 10. The number of ether oxygens (including phenoxy) is 4. The number of allylic oxidation sites excluding steroid dienone is 8. The Morgan fingerprint density at radius 1 is 0.844 bits per heavy atom. The Morgan fingerprint density at radius 2 is 1.47 bits per heavy atom. The van der Waals surface area contributed by atoms with E-state index in [2.05, 4.69) is 29.6 Å². The number of nitrogens with zero attached hydrogens (tertiary/aromatic N) is 2. The fourth-order valence-corrected chi connectivity index (χ4v) is 3.23. The smallest absolute Gasteiger partial charge is 0.224 e. The molecule has 0 radical (unpaired) electrons. The highest BCUT2D eigenvalue weighted by molar-refractivity contribution is 5.99. The van der Waals surface area contributed by atoms with E-state index in [9.17, 15) is 0 Å². The molecule has 0 amide bonds. The summed E-state index contributed by atoms with van der Waals surface area (Å²) in [5.41, 5.74) is 4.63. The molecule has 0 aliphatic heterocycles. The predicted octanol–water partition coefficient (Wildman–Crippen LogP) is 11.5. The van der Waals surface area contributed by atoms with Gasteiger partial charge in [-0.15, -0.1) is 0 Å². The van der Waals surface area contributed by atoms with Crippen LogP contribution in [-0.4, -0.2) is 40.2 Å². The lowest BCUT2D eigenvalue weighted by Gasteiger charge is -2.13. The minimum atomic E-state index is 0.509. The molecule has 0 aliphatic carbocycles. The molecule has 0 spiro atoms. The Labute approximate surface area is 275 Å². The molecule has 250 valence electrons. The van der Waals surface area contributed by atoms with E-state index in [4.69, 9.17) is 18.9 Å². The van der Waals surface area contributed by atoms with E-state index in [0.29, 0.717) is 17.5 Å². The highest BCUT2D eigenvalue weighted by Gasteiger charge is 2.13. The van der Waals surface area contributed by atoms with Gasteiger partial charge in [0.15, 0.2) is 5.90 Å². The maximum atomic E-state index is 5.63. The third-order valence-electron chi connectivity index (χ3n) is 5.33. The van der Waals surface area contributed by atoms with Gasteiger partial charge in [0.25, 0.3) is 0 Å². The average molecular weight is 621 g/mol. The SMILES string of the molecule is C=C/C=C\C(=C/C)N=C(C)OC.CC.CC.CC.CC/C=C(\C=C(/C)OC)c1ccc(C(=Nc2ccccc2)OC)c(OC)c1. The van der Waals surface area contributed by atoms with E-state index in [-0.39, 0.29) is 0 Å². The van der Waals surface area contributed by atoms with Crippen molar-refractivity contribution in [1.82, 2.24) is 0 Å². The first kappa shape index (κ1) is 45.1. The van der Waals surface area contributed by atoms with Crippen LogP contribution in [0.15, 0.2) is 113 Å². The van der Waals surface area contributed by atoms with E-state index in [1.807, 2.05) is 135 Å². The molecule has 2 rings (SSSR count). The molecule has 0 saturated carbocycles. The zero-order valence-electron chi connectivity index (χ0n) is 30.5. The summed E-state index contributed by atoms with van der Waals surface area (Å²) in [6.07, 6.45) is 12.4. The molecule has 0 atom stereocenters. The van der Waals surface area contributed by atoms with Gasteiger partial charge in [0.2, 0.25) is 5.90 Å². The van der Waals surface area contributed by atoms with E-state index >= 15 is 0 Å². The van der Waals surface area contributed by atoms with Crippen LogP contribution in [0.1, 0.15) is 86.8 Å². The van der Waals surface area contributed by atoms with Crippen molar-refractivity contribution in [2.75, 3.05) is 28.4 Å².